The molecular formula is C24H17BrClF4N3O2S. The van der Waals surface area contributed by atoms with Crippen molar-refractivity contribution in [2.75, 3.05) is 31.1 Å². The van der Waals surface area contributed by atoms with Gasteiger partial charge in [-0.25, -0.2) is 17.6 Å². The third-order valence-electron chi connectivity index (χ3n) is 5.45. The molecule has 188 valence electrons. The molecule has 1 N–H and O–H groups in total. The Hall–Kier alpha value is -2.89. The molecule has 2 heterocycles. The van der Waals surface area contributed by atoms with E-state index in [1.807, 2.05) is 24.3 Å². The number of benzene rings is 2. The maximum atomic E-state index is 14.2. The van der Waals surface area contributed by atoms with Crippen LogP contribution in [0, 0.1) is 23.3 Å². The number of hydrogen-bond donors (Lipinski definition) is 1. The largest absolute Gasteiger partial charge is 0.457 e. The van der Waals surface area contributed by atoms with Crippen molar-refractivity contribution < 1.29 is 26.8 Å². The highest BCUT2D eigenvalue weighted by atomic mass is 79.9. The number of nitrogens with zero attached hydrogens (tertiary/aromatic N) is 2. The Morgan fingerprint density at radius 1 is 0.972 bits per heavy atom. The Labute approximate surface area is 222 Å². The standard InChI is InChI=1S/C24H17BrClF4N3O2S/c25-14-3-1-13(2-4-14)16-7-5-15(35-16)6-8-17(34)31-24(36)33-11-9-32(10-12-33)23-21(29)19(27)18(26)20(28)22(23)30/h1-8H,9-12H2,(H,31,34,36)/b8-6+. The summed E-state index contributed by atoms with van der Waals surface area (Å²) in [6, 6.07) is 11.1. The Bertz CT molecular complexity index is 1310. The molecule has 0 aliphatic carbocycles. The van der Waals surface area contributed by atoms with E-state index in [0.717, 1.165) is 14.9 Å². The molecule has 1 aliphatic heterocycles. The van der Waals surface area contributed by atoms with Crippen LogP contribution >= 0.6 is 39.7 Å². The first-order valence-corrected chi connectivity index (χ1v) is 12.1. The predicted molar refractivity (Wildman–Crippen MR) is 137 cm³/mol. The lowest BCUT2D eigenvalue weighted by atomic mass is 10.2. The van der Waals surface area contributed by atoms with Gasteiger partial charge in [0.05, 0.1) is 0 Å². The minimum atomic E-state index is -1.65. The van der Waals surface area contributed by atoms with E-state index in [9.17, 15) is 22.4 Å². The van der Waals surface area contributed by atoms with E-state index < -0.39 is 39.9 Å². The van der Waals surface area contributed by atoms with Gasteiger partial charge in [-0.3, -0.25) is 10.1 Å². The zero-order valence-electron chi connectivity index (χ0n) is 18.3. The van der Waals surface area contributed by atoms with Gasteiger partial charge in [0.25, 0.3) is 0 Å². The van der Waals surface area contributed by atoms with Gasteiger partial charge in [-0.05, 0) is 42.6 Å². The summed E-state index contributed by atoms with van der Waals surface area (Å²) in [5.74, 6) is -5.81. The van der Waals surface area contributed by atoms with Crippen LogP contribution in [0.3, 0.4) is 0 Å². The fourth-order valence-corrected chi connectivity index (χ4v) is 4.31. The summed E-state index contributed by atoms with van der Waals surface area (Å²) in [6.45, 7) is 0.321. The van der Waals surface area contributed by atoms with Crippen LogP contribution in [0.4, 0.5) is 23.2 Å². The number of rotatable bonds is 4. The van der Waals surface area contributed by atoms with Crippen molar-refractivity contribution in [1.29, 1.82) is 0 Å². The predicted octanol–water partition coefficient (Wildman–Crippen LogP) is 6.16. The second-order valence-electron chi connectivity index (χ2n) is 7.73. The molecule has 1 fully saturated rings. The second-order valence-corrected chi connectivity index (χ2v) is 9.41. The molecule has 4 rings (SSSR count). The van der Waals surface area contributed by atoms with Crippen LogP contribution in [0.2, 0.25) is 5.02 Å². The third-order valence-corrected chi connectivity index (χ3v) is 6.68. The molecule has 36 heavy (non-hydrogen) atoms. The van der Waals surface area contributed by atoms with E-state index >= 15 is 0 Å². The second kappa shape index (κ2) is 11.0. The summed E-state index contributed by atoms with van der Waals surface area (Å²) in [5, 5.41) is 1.42. The van der Waals surface area contributed by atoms with Crippen molar-refractivity contribution in [1.82, 2.24) is 10.2 Å². The van der Waals surface area contributed by atoms with Crippen LogP contribution in [-0.2, 0) is 4.79 Å². The molecule has 3 aromatic rings. The molecule has 1 amide bonds. The summed E-state index contributed by atoms with van der Waals surface area (Å²) in [4.78, 5) is 15.1. The Balaban J connectivity index is 1.32. The quantitative estimate of drug-likeness (QED) is 0.128. The highest BCUT2D eigenvalue weighted by molar-refractivity contribution is 9.10. The van der Waals surface area contributed by atoms with E-state index in [4.69, 9.17) is 28.2 Å². The van der Waals surface area contributed by atoms with Gasteiger partial charge >= 0.3 is 0 Å². The lowest BCUT2D eigenvalue weighted by Crippen LogP contribution is -2.53. The van der Waals surface area contributed by atoms with Gasteiger partial charge < -0.3 is 14.2 Å². The average Bonchev–Trinajstić information content (AvgIpc) is 3.35. The first kappa shape index (κ1) is 26.2. The van der Waals surface area contributed by atoms with Gasteiger partial charge in [-0.1, -0.05) is 39.7 Å². The number of carbonyl (C=O) groups excluding carboxylic acids is 1. The molecule has 0 unspecified atom stereocenters. The summed E-state index contributed by atoms with van der Waals surface area (Å²) >= 11 is 13.9. The Morgan fingerprint density at radius 2 is 1.58 bits per heavy atom. The van der Waals surface area contributed by atoms with Crippen LogP contribution in [0.25, 0.3) is 17.4 Å². The highest BCUT2D eigenvalue weighted by Gasteiger charge is 2.30. The van der Waals surface area contributed by atoms with E-state index in [-0.39, 0.29) is 31.3 Å². The van der Waals surface area contributed by atoms with Gasteiger partial charge in [0.1, 0.15) is 22.2 Å². The monoisotopic (exact) mass is 601 g/mol. The SMILES string of the molecule is O=C(/C=C/c1ccc(-c2ccc(Br)cc2)o1)NC(=S)N1CCN(c2c(F)c(F)c(Cl)c(F)c2F)CC1. The number of piperazine rings is 1. The highest BCUT2D eigenvalue weighted by Crippen LogP contribution is 2.34. The van der Waals surface area contributed by atoms with Crippen LogP contribution < -0.4 is 10.2 Å². The van der Waals surface area contributed by atoms with Crippen molar-refractivity contribution in [2.24, 2.45) is 0 Å². The van der Waals surface area contributed by atoms with Gasteiger partial charge in [0, 0.05) is 42.3 Å². The number of thiocarbonyl (C=S) groups is 1. The van der Waals surface area contributed by atoms with Crippen LogP contribution in [0.15, 0.2) is 51.4 Å². The topological polar surface area (TPSA) is 48.7 Å². The summed E-state index contributed by atoms with van der Waals surface area (Å²) in [5.41, 5.74) is 0.0550. The molecule has 0 atom stereocenters. The molecule has 12 heteroatoms. The summed E-state index contributed by atoms with van der Waals surface area (Å²) in [7, 11) is 0. The van der Waals surface area contributed by atoms with Gasteiger partial charge in [0.2, 0.25) is 5.91 Å². The maximum absolute atomic E-state index is 14.2. The van der Waals surface area contributed by atoms with Crippen LogP contribution in [0.1, 0.15) is 5.76 Å². The zero-order chi connectivity index (χ0) is 26.0. The third kappa shape index (κ3) is 5.58. The van der Waals surface area contributed by atoms with Crippen LogP contribution in [0.5, 0.6) is 0 Å². The number of nitrogens with one attached hydrogen (secondary N) is 1. The minimum absolute atomic E-state index is 0.00539. The fraction of sp³-hybridized carbons (Fsp3) is 0.167. The lowest BCUT2D eigenvalue weighted by Gasteiger charge is -2.37. The number of halogens is 6. The van der Waals surface area contributed by atoms with Gasteiger partial charge in [-0.2, -0.15) is 0 Å². The Morgan fingerprint density at radius 3 is 2.19 bits per heavy atom. The summed E-state index contributed by atoms with van der Waals surface area (Å²) in [6.07, 6.45) is 2.75. The van der Waals surface area contributed by atoms with Crippen molar-refractivity contribution in [3.05, 3.63) is 81.0 Å². The molecule has 0 spiro atoms. The smallest absolute Gasteiger partial charge is 0.250 e. The fourth-order valence-electron chi connectivity index (χ4n) is 3.60. The maximum Gasteiger partial charge on any atom is 0.250 e. The van der Waals surface area contributed by atoms with E-state index in [2.05, 4.69) is 21.2 Å². The van der Waals surface area contributed by atoms with Crippen molar-refractivity contribution >= 4 is 62.5 Å². The number of hydrogen-bond acceptors (Lipinski definition) is 4. The minimum Gasteiger partial charge on any atom is -0.457 e. The normalized spacial score (nSPS) is 13.9. The lowest BCUT2D eigenvalue weighted by molar-refractivity contribution is -0.115. The van der Waals surface area contributed by atoms with E-state index in [1.54, 1.807) is 17.0 Å². The first-order chi connectivity index (χ1) is 17.2. The van der Waals surface area contributed by atoms with Crippen molar-refractivity contribution in [2.45, 2.75) is 0 Å². The number of carbonyl (C=O) groups is 1. The van der Waals surface area contributed by atoms with Crippen molar-refractivity contribution in [3.63, 3.8) is 0 Å². The molecule has 1 aromatic heterocycles. The molecule has 5 nitrogen and oxygen atoms in total. The summed E-state index contributed by atoms with van der Waals surface area (Å²) < 4.78 is 62.7. The molecular weight excluding hydrogens is 586 g/mol. The van der Waals surface area contributed by atoms with Crippen molar-refractivity contribution in [3.8, 4) is 11.3 Å². The number of furan rings is 1. The van der Waals surface area contributed by atoms with E-state index in [0.29, 0.717) is 11.5 Å². The number of amides is 1. The molecule has 1 saturated heterocycles. The number of anilines is 1. The average molecular weight is 603 g/mol. The zero-order valence-corrected chi connectivity index (χ0v) is 21.5. The van der Waals surface area contributed by atoms with E-state index in [1.165, 1.54) is 12.2 Å². The first-order valence-electron chi connectivity index (χ1n) is 10.6. The molecule has 2 aromatic carbocycles. The molecule has 0 radical (unpaired) electrons. The molecule has 0 bridgehead atoms. The van der Waals surface area contributed by atoms with Gasteiger partial charge in [0.15, 0.2) is 28.4 Å². The molecule has 1 aliphatic rings. The van der Waals surface area contributed by atoms with Gasteiger partial charge in [-0.15, -0.1) is 0 Å². The Kier molecular flexibility index (Phi) is 8.01. The van der Waals surface area contributed by atoms with Crippen LogP contribution in [-0.4, -0.2) is 42.1 Å². The molecule has 0 saturated carbocycles.